The van der Waals surface area contributed by atoms with Gasteiger partial charge in [-0.3, -0.25) is 9.59 Å². The topological polar surface area (TPSA) is 84.2 Å². The molecule has 2 amide bonds. The molecule has 1 aromatic rings. The molecule has 0 aromatic heterocycles. The zero-order valence-electron chi connectivity index (χ0n) is 13.0. The van der Waals surface area contributed by atoms with Gasteiger partial charge in [-0.05, 0) is 29.8 Å². The third-order valence-electron chi connectivity index (χ3n) is 2.83. The number of nitrogens with two attached hydrogens (primary N) is 1. The number of halogens is 4. The van der Waals surface area contributed by atoms with Crippen molar-refractivity contribution in [2.24, 2.45) is 11.7 Å². The third-order valence-corrected chi connectivity index (χ3v) is 3.64. The monoisotopic (exact) mass is 385 g/mol. The van der Waals surface area contributed by atoms with Crippen LogP contribution >= 0.6 is 24.2 Å². The van der Waals surface area contributed by atoms with Crippen LogP contribution in [-0.4, -0.2) is 29.9 Å². The van der Waals surface area contributed by atoms with E-state index in [2.05, 4.69) is 10.6 Å². The number of alkyl halides is 3. The third kappa shape index (κ3) is 7.89. The second kappa shape index (κ2) is 9.75. The average molecular weight is 386 g/mol. The van der Waals surface area contributed by atoms with E-state index in [1.54, 1.807) is 13.8 Å². The highest BCUT2D eigenvalue weighted by Crippen LogP contribution is 2.40. The number of amides is 2. The number of anilines is 1. The standard InChI is InChI=1S/C14H18F3N3O2S.ClH/c1-8(2)12(18)13(22)19-7-11(21)20-9-5-3-4-6-10(9)23-14(15,16)17;/h3-6,8,12H,7,18H2,1-2H3,(H,19,22)(H,20,21);1H/t12-;/m0./s1. The molecule has 4 N–H and O–H groups in total. The van der Waals surface area contributed by atoms with E-state index >= 15 is 0 Å². The molecule has 1 rings (SSSR count). The van der Waals surface area contributed by atoms with E-state index in [1.807, 2.05) is 0 Å². The average Bonchev–Trinajstić information content (AvgIpc) is 2.44. The highest BCUT2D eigenvalue weighted by atomic mass is 35.5. The van der Waals surface area contributed by atoms with E-state index in [0.717, 1.165) is 0 Å². The number of hydrogen-bond donors (Lipinski definition) is 3. The fourth-order valence-corrected chi connectivity index (χ4v) is 2.19. The van der Waals surface area contributed by atoms with Gasteiger partial charge in [0.2, 0.25) is 11.8 Å². The summed E-state index contributed by atoms with van der Waals surface area (Å²) in [6.07, 6.45) is 0. The first kappa shape index (κ1) is 22.6. The molecule has 0 aliphatic carbocycles. The summed E-state index contributed by atoms with van der Waals surface area (Å²) in [7, 11) is 0. The van der Waals surface area contributed by atoms with Crippen LogP contribution < -0.4 is 16.4 Å². The molecule has 1 atom stereocenters. The smallest absolute Gasteiger partial charge is 0.346 e. The van der Waals surface area contributed by atoms with Crippen LogP contribution in [0.15, 0.2) is 29.2 Å². The number of carbonyl (C=O) groups excluding carboxylic acids is 2. The van der Waals surface area contributed by atoms with Gasteiger partial charge >= 0.3 is 5.51 Å². The van der Waals surface area contributed by atoms with Crippen LogP contribution in [0.3, 0.4) is 0 Å². The van der Waals surface area contributed by atoms with Crippen LogP contribution in [0.2, 0.25) is 0 Å². The number of para-hydroxylation sites is 1. The molecule has 0 aliphatic rings. The second-order valence-electron chi connectivity index (χ2n) is 5.08. The van der Waals surface area contributed by atoms with Gasteiger partial charge in [0.25, 0.3) is 0 Å². The molecule has 0 bridgehead atoms. The van der Waals surface area contributed by atoms with Crippen molar-refractivity contribution in [3.05, 3.63) is 24.3 Å². The lowest BCUT2D eigenvalue weighted by molar-refractivity contribution is -0.125. The maximum Gasteiger partial charge on any atom is 0.446 e. The molecular weight excluding hydrogens is 367 g/mol. The molecule has 10 heteroatoms. The van der Waals surface area contributed by atoms with Crippen molar-refractivity contribution in [2.45, 2.75) is 30.3 Å². The molecule has 0 fully saturated rings. The van der Waals surface area contributed by atoms with Gasteiger partial charge in [0.1, 0.15) is 0 Å². The van der Waals surface area contributed by atoms with Crippen LogP contribution in [0, 0.1) is 5.92 Å². The molecule has 0 aliphatic heterocycles. The fourth-order valence-electron chi connectivity index (χ4n) is 1.57. The number of carbonyl (C=O) groups is 2. The predicted octanol–water partition coefficient (Wildman–Crippen LogP) is 2.76. The number of hydrogen-bond acceptors (Lipinski definition) is 4. The first-order valence-corrected chi connectivity index (χ1v) is 7.59. The van der Waals surface area contributed by atoms with Gasteiger partial charge in [0.05, 0.1) is 18.3 Å². The van der Waals surface area contributed by atoms with Crippen molar-refractivity contribution in [2.75, 3.05) is 11.9 Å². The van der Waals surface area contributed by atoms with Crippen LogP contribution in [0.5, 0.6) is 0 Å². The summed E-state index contributed by atoms with van der Waals surface area (Å²) in [6, 6.07) is 4.79. The summed E-state index contributed by atoms with van der Waals surface area (Å²) < 4.78 is 37.4. The van der Waals surface area contributed by atoms with Crippen LogP contribution in [0.1, 0.15) is 13.8 Å². The number of nitrogens with one attached hydrogen (secondary N) is 2. The van der Waals surface area contributed by atoms with Gasteiger partial charge in [-0.2, -0.15) is 13.2 Å². The second-order valence-corrected chi connectivity index (χ2v) is 6.19. The minimum absolute atomic E-state index is 0. The number of thioether (sulfide) groups is 1. The minimum Gasteiger partial charge on any atom is -0.346 e. The normalized spacial score (nSPS) is 12.3. The summed E-state index contributed by atoms with van der Waals surface area (Å²) in [4.78, 5) is 23.3. The van der Waals surface area contributed by atoms with Gasteiger partial charge in [-0.25, -0.2) is 0 Å². The van der Waals surface area contributed by atoms with Crippen molar-refractivity contribution >= 4 is 41.7 Å². The van der Waals surface area contributed by atoms with Gasteiger partial charge in [0.15, 0.2) is 0 Å². The van der Waals surface area contributed by atoms with Crippen molar-refractivity contribution in [3.63, 3.8) is 0 Å². The molecular formula is C14H19ClF3N3O2S. The predicted molar refractivity (Wildman–Crippen MR) is 90.1 cm³/mol. The Morgan fingerprint density at radius 3 is 2.38 bits per heavy atom. The van der Waals surface area contributed by atoms with Gasteiger partial charge in [-0.1, -0.05) is 26.0 Å². The highest BCUT2D eigenvalue weighted by Gasteiger charge is 2.30. The Bertz CT molecular complexity index is 570. The fraction of sp³-hybridized carbons (Fsp3) is 0.429. The van der Waals surface area contributed by atoms with E-state index in [1.165, 1.54) is 24.3 Å². The molecule has 0 heterocycles. The summed E-state index contributed by atoms with van der Waals surface area (Å²) in [5.41, 5.74) is 1.19. The Hall–Kier alpha value is -1.45. The zero-order valence-corrected chi connectivity index (χ0v) is 14.6. The minimum atomic E-state index is -4.46. The summed E-state index contributed by atoms with van der Waals surface area (Å²) in [5, 5.41) is 4.69. The van der Waals surface area contributed by atoms with Gasteiger partial charge in [-0.15, -0.1) is 12.4 Å². The largest absolute Gasteiger partial charge is 0.446 e. The number of benzene rings is 1. The van der Waals surface area contributed by atoms with Crippen molar-refractivity contribution in [3.8, 4) is 0 Å². The summed E-state index contributed by atoms with van der Waals surface area (Å²) in [5.74, 6) is -1.22. The summed E-state index contributed by atoms with van der Waals surface area (Å²) in [6.45, 7) is 3.15. The molecule has 24 heavy (non-hydrogen) atoms. The number of rotatable bonds is 6. The molecule has 1 aromatic carbocycles. The molecule has 5 nitrogen and oxygen atoms in total. The Morgan fingerprint density at radius 1 is 1.25 bits per heavy atom. The maximum absolute atomic E-state index is 12.5. The molecule has 0 unspecified atom stereocenters. The van der Waals surface area contributed by atoms with E-state index < -0.39 is 23.4 Å². The Labute approximate surface area is 148 Å². The molecule has 0 spiro atoms. The van der Waals surface area contributed by atoms with E-state index in [0.29, 0.717) is 0 Å². The van der Waals surface area contributed by atoms with Crippen LogP contribution in [0.25, 0.3) is 0 Å². The molecule has 0 saturated heterocycles. The SMILES string of the molecule is CC(C)[C@H](N)C(=O)NCC(=O)Nc1ccccc1SC(F)(F)F.Cl. The van der Waals surface area contributed by atoms with E-state index in [9.17, 15) is 22.8 Å². The molecule has 0 radical (unpaired) electrons. The lowest BCUT2D eigenvalue weighted by Gasteiger charge is -2.16. The van der Waals surface area contributed by atoms with Crippen molar-refractivity contribution in [1.82, 2.24) is 5.32 Å². The quantitative estimate of drug-likeness (QED) is 0.657. The van der Waals surface area contributed by atoms with Crippen LogP contribution in [-0.2, 0) is 9.59 Å². The van der Waals surface area contributed by atoms with Gasteiger partial charge < -0.3 is 16.4 Å². The van der Waals surface area contributed by atoms with Crippen molar-refractivity contribution < 1.29 is 22.8 Å². The Balaban J connectivity index is 0.00000529. The molecule has 0 saturated carbocycles. The highest BCUT2D eigenvalue weighted by molar-refractivity contribution is 8.00. The first-order valence-electron chi connectivity index (χ1n) is 6.78. The lowest BCUT2D eigenvalue weighted by Crippen LogP contribution is -2.46. The Morgan fingerprint density at radius 2 is 1.83 bits per heavy atom. The first-order chi connectivity index (χ1) is 10.6. The maximum atomic E-state index is 12.5. The lowest BCUT2D eigenvalue weighted by atomic mass is 10.1. The Kier molecular flexibility index (Phi) is 9.16. The van der Waals surface area contributed by atoms with Crippen molar-refractivity contribution in [1.29, 1.82) is 0 Å². The van der Waals surface area contributed by atoms with Crippen LogP contribution in [0.4, 0.5) is 18.9 Å². The zero-order chi connectivity index (χ0) is 17.6. The van der Waals surface area contributed by atoms with Gasteiger partial charge in [0, 0.05) is 4.90 Å². The van der Waals surface area contributed by atoms with E-state index in [-0.39, 0.29) is 47.2 Å². The van der Waals surface area contributed by atoms with E-state index in [4.69, 9.17) is 5.73 Å². The molecule has 136 valence electrons. The summed E-state index contributed by atoms with van der Waals surface area (Å²) >= 11 is -0.320.